The maximum Gasteiger partial charge on any atom is 0.335 e. The Hall–Kier alpha value is -2.10. The van der Waals surface area contributed by atoms with Crippen molar-refractivity contribution in [2.45, 2.75) is 6.54 Å². The minimum absolute atomic E-state index is 0.332. The first-order valence-corrected chi connectivity index (χ1v) is 4.64. The molecule has 74 valence electrons. The first-order chi connectivity index (χ1) is 7.25. The zero-order valence-electron chi connectivity index (χ0n) is 7.82. The Morgan fingerprint density at radius 2 is 2.33 bits per heavy atom. The van der Waals surface area contributed by atoms with Crippen LogP contribution >= 0.6 is 0 Å². The molecule has 2 aromatic rings. The molecule has 3 rings (SSSR count). The van der Waals surface area contributed by atoms with Crippen LogP contribution in [0.3, 0.4) is 0 Å². The monoisotopic (exact) mass is 200 g/mol. The summed E-state index contributed by atoms with van der Waals surface area (Å²) in [5, 5.41) is 14.1. The van der Waals surface area contributed by atoms with Crippen LogP contribution in [0, 0.1) is 0 Å². The fraction of sp³-hybridized carbons (Fsp3) is 0.0909. The molecule has 1 aromatic heterocycles. The average molecular weight is 200 g/mol. The van der Waals surface area contributed by atoms with Gasteiger partial charge in [0.1, 0.15) is 5.82 Å². The van der Waals surface area contributed by atoms with Crippen LogP contribution in [-0.2, 0) is 6.54 Å². The van der Waals surface area contributed by atoms with Gasteiger partial charge in [-0.1, -0.05) is 0 Å². The van der Waals surface area contributed by atoms with Crippen LogP contribution in [0.4, 0.5) is 5.82 Å². The van der Waals surface area contributed by atoms with Crippen molar-refractivity contribution in [2.75, 3.05) is 5.32 Å². The lowest BCUT2D eigenvalue weighted by molar-refractivity contribution is 0.0697. The van der Waals surface area contributed by atoms with Gasteiger partial charge in [-0.3, -0.25) is 0 Å². The van der Waals surface area contributed by atoms with Crippen LogP contribution in [0.15, 0.2) is 24.4 Å². The number of carboxylic acids is 1. The van der Waals surface area contributed by atoms with Crippen molar-refractivity contribution in [1.29, 1.82) is 0 Å². The van der Waals surface area contributed by atoms with E-state index in [9.17, 15) is 4.79 Å². The molecule has 4 heteroatoms. The molecule has 0 saturated carbocycles. The maximum atomic E-state index is 10.9. The predicted octanol–water partition coefficient (Wildman–Crippen LogP) is 1.86. The first kappa shape index (κ1) is 8.23. The number of aromatic nitrogens is 1. The number of hydrogen-bond donors (Lipinski definition) is 2. The molecule has 1 aliphatic rings. The molecule has 0 aliphatic carbocycles. The van der Waals surface area contributed by atoms with Gasteiger partial charge in [-0.15, -0.1) is 0 Å². The smallest absolute Gasteiger partial charge is 0.335 e. The number of hydrogen-bond acceptors (Lipinski definition) is 3. The second kappa shape index (κ2) is 2.70. The molecule has 2 N–H and O–H groups in total. The molecule has 0 amide bonds. The third-order valence-electron chi connectivity index (χ3n) is 2.64. The van der Waals surface area contributed by atoms with Gasteiger partial charge in [-0.2, -0.15) is 0 Å². The van der Waals surface area contributed by atoms with Crippen LogP contribution < -0.4 is 5.32 Å². The topological polar surface area (TPSA) is 62.2 Å². The maximum absolute atomic E-state index is 10.9. The second-order valence-corrected chi connectivity index (χ2v) is 3.55. The lowest BCUT2D eigenvalue weighted by Crippen LogP contribution is -1.97. The van der Waals surface area contributed by atoms with Gasteiger partial charge >= 0.3 is 5.97 Å². The van der Waals surface area contributed by atoms with Crippen LogP contribution in [0.2, 0.25) is 0 Å². The molecule has 0 unspecified atom stereocenters. The van der Waals surface area contributed by atoms with Gasteiger partial charge < -0.3 is 10.4 Å². The van der Waals surface area contributed by atoms with E-state index in [0.717, 1.165) is 22.2 Å². The Morgan fingerprint density at radius 3 is 3.13 bits per heavy atom. The fourth-order valence-corrected chi connectivity index (χ4v) is 1.98. The summed E-state index contributed by atoms with van der Waals surface area (Å²) in [6.45, 7) is 0.657. The van der Waals surface area contributed by atoms with Crippen molar-refractivity contribution in [1.82, 2.24) is 4.98 Å². The number of carbonyl (C=O) groups is 1. The minimum atomic E-state index is -0.890. The largest absolute Gasteiger partial charge is 0.478 e. The van der Waals surface area contributed by atoms with Crippen LogP contribution in [0.25, 0.3) is 10.8 Å². The van der Waals surface area contributed by atoms with Crippen molar-refractivity contribution >= 4 is 22.6 Å². The SMILES string of the molecule is O=C(O)c1cc2c3c(nccc3c1)NC2. The summed E-state index contributed by atoms with van der Waals surface area (Å²) in [5.74, 6) is -0.0437. The van der Waals surface area contributed by atoms with Gasteiger partial charge in [0.15, 0.2) is 0 Å². The molecule has 2 heterocycles. The molecule has 0 radical (unpaired) electrons. The van der Waals surface area contributed by atoms with Crippen LogP contribution in [0.1, 0.15) is 15.9 Å². The van der Waals surface area contributed by atoms with Crippen molar-refractivity contribution < 1.29 is 9.90 Å². The molecular weight excluding hydrogens is 192 g/mol. The normalized spacial score (nSPS) is 12.8. The number of anilines is 1. The molecular formula is C11H8N2O2. The molecule has 0 fully saturated rings. The Kier molecular flexibility index (Phi) is 1.48. The molecule has 0 atom stereocenters. The van der Waals surface area contributed by atoms with Gasteiger partial charge in [0.05, 0.1) is 5.56 Å². The quantitative estimate of drug-likeness (QED) is 0.737. The van der Waals surface area contributed by atoms with E-state index >= 15 is 0 Å². The lowest BCUT2D eigenvalue weighted by atomic mass is 10.0. The predicted molar refractivity (Wildman–Crippen MR) is 56.0 cm³/mol. The Morgan fingerprint density at radius 1 is 1.47 bits per heavy atom. The summed E-state index contributed by atoms with van der Waals surface area (Å²) < 4.78 is 0. The van der Waals surface area contributed by atoms with Gasteiger partial charge in [-0.25, -0.2) is 9.78 Å². The number of nitrogens with one attached hydrogen (secondary N) is 1. The summed E-state index contributed by atoms with van der Waals surface area (Å²) in [6.07, 6.45) is 1.69. The number of rotatable bonds is 1. The highest BCUT2D eigenvalue weighted by molar-refractivity contribution is 6.01. The highest BCUT2D eigenvalue weighted by atomic mass is 16.4. The fourth-order valence-electron chi connectivity index (χ4n) is 1.98. The lowest BCUT2D eigenvalue weighted by Gasteiger charge is -2.01. The van der Waals surface area contributed by atoms with E-state index in [4.69, 9.17) is 5.11 Å². The Bertz CT molecular complexity index is 578. The second-order valence-electron chi connectivity index (χ2n) is 3.55. The number of benzene rings is 1. The summed E-state index contributed by atoms with van der Waals surface area (Å²) in [7, 11) is 0. The Balaban J connectivity index is 2.41. The molecule has 0 bridgehead atoms. The number of aromatic carboxylic acids is 1. The van der Waals surface area contributed by atoms with Gasteiger partial charge in [0, 0.05) is 18.1 Å². The highest BCUT2D eigenvalue weighted by Gasteiger charge is 2.17. The molecule has 15 heavy (non-hydrogen) atoms. The first-order valence-electron chi connectivity index (χ1n) is 4.64. The van der Waals surface area contributed by atoms with Crippen molar-refractivity contribution in [2.24, 2.45) is 0 Å². The summed E-state index contributed by atoms with van der Waals surface area (Å²) in [4.78, 5) is 15.1. The van der Waals surface area contributed by atoms with E-state index in [0.29, 0.717) is 12.1 Å². The number of pyridine rings is 1. The minimum Gasteiger partial charge on any atom is -0.478 e. The standard InChI is InChI=1S/C11H8N2O2/c14-11(15)7-3-6-1-2-12-10-9(6)8(4-7)5-13-10/h1-4H,5H2,(H,12,13)(H,14,15). The summed E-state index contributed by atoms with van der Waals surface area (Å²) in [5.41, 5.74) is 1.34. The molecule has 0 spiro atoms. The van der Waals surface area contributed by atoms with E-state index < -0.39 is 5.97 Å². The molecule has 4 nitrogen and oxygen atoms in total. The van der Waals surface area contributed by atoms with E-state index in [-0.39, 0.29) is 0 Å². The van der Waals surface area contributed by atoms with E-state index in [2.05, 4.69) is 10.3 Å². The number of nitrogens with zero attached hydrogens (tertiary/aromatic N) is 1. The van der Waals surface area contributed by atoms with Crippen LogP contribution in [-0.4, -0.2) is 16.1 Å². The zero-order valence-corrected chi connectivity index (χ0v) is 7.82. The summed E-state index contributed by atoms with van der Waals surface area (Å²) >= 11 is 0. The van der Waals surface area contributed by atoms with Gasteiger partial charge in [0.25, 0.3) is 0 Å². The van der Waals surface area contributed by atoms with Crippen molar-refractivity contribution in [3.05, 3.63) is 35.5 Å². The third kappa shape index (κ3) is 1.08. The number of carboxylic acid groups (broad SMARTS) is 1. The van der Waals surface area contributed by atoms with Gasteiger partial charge in [-0.05, 0) is 29.1 Å². The van der Waals surface area contributed by atoms with Crippen molar-refractivity contribution in [3.63, 3.8) is 0 Å². The zero-order chi connectivity index (χ0) is 10.4. The van der Waals surface area contributed by atoms with Crippen molar-refractivity contribution in [3.8, 4) is 0 Å². The van der Waals surface area contributed by atoms with E-state index in [1.165, 1.54) is 0 Å². The van der Waals surface area contributed by atoms with E-state index in [1.54, 1.807) is 18.3 Å². The Labute approximate surface area is 85.6 Å². The third-order valence-corrected chi connectivity index (χ3v) is 2.64. The molecule has 0 saturated heterocycles. The average Bonchev–Trinajstić information content (AvgIpc) is 2.64. The summed E-state index contributed by atoms with van der Waals surface area (Å²) in [6, 6.07) is 5.22. The molecule has 1 aliphatic heterocycles. The highest BCUT2D eigenvalue weighted by Crippen LogP contribution is 2.31. The van der Waals surface area contributed by atoms with Crippen LogP contribution in [0.5, 0.6) is 0 Å². The van der Waals surface area contributed by atoms with Gasteiger partial charge in [0.2, 0.25) is 0 Å². The van der Waals surface area contributed by atoms with E-state index in [1.807, 2.05) is 6.07 Å². The molecule has 1 aromatic carbocycles.